The number of ether oxygens (including phenoxy) is 2. The zero-order chi connectivity index (χ0) is 14.3. The third-order valence-electron chi connectivity index (χ3n) is 2.96. The van der Waals surface area contributed by atoms with Crippen molar-refractivity contribution >= 4 is 5.97 Å². The summed E-state index contributed by atoms with van der Waals surface area (Å²) >= 11 is 0. The van der Waals surface area contributed by atoms with E-state index in [9.17, 15) is 4.79 Å². The van der Waals surface area contributed by atoms with E-state index in [-0.39, 0.29) is 5.97 Å². The molecule has 1 rings (SSSR count). The van der Waals surface area contributed by atoms with Gasteiger partial charge in [-0.25, -0.2) is 0 Å². The van der Waals surface area contributed by atoms with Gasteiger partial charge in [-0.3, -0.25) is 4.79 Å². The maximum absolute atomic E-state index is 11.6. The van der Waals surface area contributed by atoms with Crippen molar-refractivity contribution in [2.24, 2.45) is 5.73 Å². The van der Waals surface area contributed by atoms with E-state index < -0.39 is 5.54 Å². The molecule has 0 aromatic heterocycles. The van der Waals surface area contributed by atoms with Gasteiger partial charge in [0, 0.05) is 6.42 Å². The van der Waals surface area contributed by atoms with E-state index in [0.29, 0.717) is 19.6 Å². The Bertz CT molecular complexity index is 398. The summed E-state index contributed by atoms with van der Waals surface area (Å²) in [5.74, 6) is 0.400. The molecule has 19 heavy (non-hydrogen) atoms. The van der Waals surface area contributed by atoms with Gasteiger partial charge in [0.1, 0.15) is 11.3 Å². The molecule has 1 aromatic rings. The average Bonchev–Trinajstić information content (AvgIpc) is 2.39. The van der Waals surface area contributed by atoms with Crippen molar-refractivity contribution in [3.8, 4) is 5.75 Å². The molecule has 0 aliphatic heterocycles. The average molecular weight is 265 g/mol. The molecule has 0 radical (unpaired) electrons. The molecule has 2 N–H and O–H groups in total. The molecule has 0 spiro atoms. The van der Waals surface area contributed by atoms with E-state index in [2.05, 4.69) is 6.92 Å². The van der Waals surface area contributed by atoms with Gasteiger partial charge in [0.2, 0.25) is 0 Å². The number of benzene rings is 1. The minimum atomic E-state index is -1.00. The van der Waals surface area contributed by atoms with E-state index in [0.717, 1.165) is 12.2 Å². The number of carbonyl (C=O) groups excluding carboxylic acids is 1. The van der Waals surface area contributed by atoms with Gasteiger partial charge in [0.15, 0.2) is 0 Å². The monoisotopic (exact) mass is 265 g/mol. The molecule has 0 amide bonds. The summed E-state index contributed by atoms with van der Waals surface area (Å²) in [6.07, 6.45) is 1.42. The van der Waals surface area contributed by atoms with Gasteiger partial charge in [-0.1, -0.05) is 19.1 Å². The lowest BCUT2D eigenvalue weighted by Gasteiger charge is -2.22. The van der Waals surface area contributed by atoms with Crippen LogP contribution < -0.4 is 10.5 Å². The molecule has 1 unspecified atom stereocenters. The molecular formula is C15H23NO3. The normalized spacial score (nSPS) is 13.7. The second kappa shape index (κ2) is 7.14. The summed E-state index contributed by atoms with van der Waals surface area (Å²) in [6.45, 7) is 6.26. The van der Waals surface area contributed by atoms with E-state index in [1.54, 1.807) is 13.8 Å². The molecule has 1 aromatic carbocycles. The van der Waals surface area contributed by atoms with Gasteiger partial charge in [0.05, 0.1) is 13.2 Å². The van der Waals surface area contributed by atoms with Crippen LogP contribution in [-0.2, 0) is 16.0 Å². The Kier molecular flexibility index (Phi) is 5.83. The third kappa shape index (κ3) is 4.91. The van der Waals surface area contributed by atoms with Gasteiger partial charge in [-0.2, -0.15) is 0 Å². The number of hydrogen-bond donors (Lipinski definition) is 1. The number of hydrogen-bond acceptors (Lipinski definition) is 4. The Labute approximate surface area is 114 Å². The largest absolute Gasteiger partial charge is 0.494 e. The van der Waals surface area contributed by atoms with Crippen LogP contribution in [0, 0.1) is 0 Å². The SMILES string of the molecule is CCOC(=O)C(C)(N)CCOc1ccc(CC)cc1. The van der Waals surface area contributed by atoms with Crippen LogP contribution in [0.3, 0.4) is 0 Å². The first kappa shape index (κ1) is 15.5. The third-order valence-corrected chi connectivity index (χ3v) is 2.96. The van der Waals surface area contributed by atoms with E-state index >= 15 is 0 Å². The maximum Gasteiger partial charge on any atom is 0.325 e. The van der Waals surface area contributed by atoms with Crippen LogP contribution in [-0.4, -0.2) is 24.7 Å². The number of nitrogens with two attached hydrogens (primary N) is 1. The van der Waals surface area contributed by atoms with Crippen LogP contribution in [0.25, 0.3) is 0 Å². The topological polar surface area (TPSA) is 61.5 Å². The Morgan fingerprint density at radius 1 is 1.26 bits per heavy atom. The molecule has 0 bridgehead atoms. The lowest BCUT2D eigenvalue weighted by atomic mass is 10.0. The van der Waals surface area contributed by atoms with Crippen LogP contribution in [0.15, 0.2) is 24.3 Å². The van der Waals surface area contributed by atoms with Crippen molar-refractivity contribution in [3.05, 3.63) is 29.8 Å². The maximum atomic E-state index is 11.6. The highest BCUT2D eigenvalue weighted by molar-refractivity contribution is 5.79. The molecular weight excluding hydrogens is 242 g/mol. The second-order valence-electron chi connectivity index (χ2n) is 4.73. The molecule has 0 aliphatic carbocycles. The number of rotatable bonds is 7. The van der Waals surface area contributed by atoms with Gasteiger partial charge in [-0.15, -0.1) is 0 Å². The van der Waals surface area contributed by atoms with Crippen molar-refractivity contribution in [1.82, 2.24) is 0 Å². The molecule has 0 saturated heterocycles. The van der Waals surface area contributed by atoms with Crippen molar-refractivity contribution in [2.45, 2.75) is 39.2 Å². The fourth-order valence-corrected chi connectivity index (χ4v) is 1.60. The molecule has 0 heterocycles. The van der Waals surface area contributed by atoms with E-state index in [4.69, 9.17) is 15.2 Å². The lowest BCUT2D eigenvalue weighted by molar-refractivity contribution is -0.149. The van der Waals surface area contributed by atoms with Gasteiger partial charge >= 0.3 is 5.97 Å². The number of aryl methyl sites for hydroxylation is 1. The molecule has 1 atom stereocenters. The molecule has 0 fully saturated rings. The highest BCUT2D eigenvalue weighted by atomic mass is 16.5. The molecule has 106 valence electrons. The van der Waals surface area contributed by atoms with Crippen LogP contribution in [0.1, 0.15) is 32.8 Å². The fourth-order valence-electron chi connectivity index (χ4n) is 1.60. The number of carbonyl (C=O) groups is 1. The van der Waals surface area contributed by atoms with Crippen LogP contribution in [0.5, 0.6) is 5.75 Å². The van der Waals surface area contributed by atoms with Gasteiger partial charge < -0.3 is 15.2 Å². The quantitative estimate of drug-likeness (QED) is 0.768. The minimum Gasteiger partial charge on any atom is -0.494 e. The Balaban J connectivity index is 2.42. The zero-order valence-corrected chi connectivity index (χ0v) is 11.9. The predicted octanol–water partition coefficient (Wildman–Crippen LogP) is 2.30. The van der Waals surface area contributed by atoms with Crippen LogP contribution >= 0.6 is 0 Å². The Hall–Kier alpha value is -1.55. The molecule has 0 aliphatic rings. The molecule has 0 saturated carbocycles. The highest BCUT2D eigenvalue weighted by Gasteiger charge is 2.29. The molecule has 4 heteroatoms. The first-order valence-electron chi connectivity index (χ1n) is 6.67. The lowest BCUT2D eigenvalue weighted by Crippen LogP contribution is -2.47. The summed E-state index contributed by atoms with van der Waals surface area (Å²) in [5, 5.41) is 0. The summed E-state index contributed by atoms with van der Waals surface area (Å²) in [6, 6.07) is 7.92. The van der Waals surface area contributed by atoms with Crippen molar-refractivity contribution in [3.63, 3.8) is 0 Å². The Morgan fingerprint density at radius 2 is 1.89 bits per heavy atom. The predicted molar refractivity (Wildman–Crippen MR) is 75.2 cm³/mol. The van der Waals surface area contributed by atoms with Crippen LogP contribution in [0.4, 0.5) is 0 Å². The minimum absolute atomic E-state index is 0.338. The molecule has 4 nitrogen and oxygen atoms in total. The fraction of sp³-hybridized carbons (Fsp3) is 0.533. The summed E-state index contributed by atoms with van der Waals surface area (Å²) < 4.78 is 10.5. The van der Waals surface area contributed by atoms with E-state index in [1.165, 1.54) is 5.56 Å². The van der Waals surface area contributed by atoms with Gasteiger partial charge in [0.25, 0.3) is 0 Å². The summed E-state index contributed by atoms with van der Waals surface area (Å²) in [5.41, 5.74) is 6.17. The summed E-state index contributed by atoms with van der Waals surface area (Å²) in [7, 11) is 0. The Morgan fingerprint density at radius 3 is 2.42 bits per heavy atom. The zero-order valence-electron chi connectivity index (χ0n) is 11.9. The van der Waals surface area contributed by atoms with Crippen LogP contribution in [0.2, 0.25) is 0 Å². The van der Waals surface area contributed by atoms with Crippen molar-refractivity contribution in [2.75, 3.05) is 13.2 Å². The second-order valence-corrected chi connectivity index (χ2v) is 4.73. The van der Waals surface area contributed by atoms with Crippen molar-refractivity contribution < 1.29 is 14.3 Å². The van der Waals surface area contributed by atoms with Crippen molar-refractivity contribution in [1.29, 1.82) is 0 Å². The highest BCUT2D eigenvalue weighted by Crippen LogP contribution is 2.15. The van der Waals surface area contributed by atoms with E-state index in [1.807, 2.05) is 24.3 Å². The number of esters is 1. The standard InChI is InChI=1S/C15H23NO3/c1-4-12-6-8-13(9-7-12)19-11-10-15(3,16)14(17)18-5-2/h6-9H,4-5,10-11,16H2,1-3H3. The summed E-state index contributed by atoms with van der Waals surface area (Å²) in [4.78, 5) is 11.6. The smallest absolute Gasteiger partial charge is 0.325 e. The first-order chi connectivity index (χ1) is 8.99. The van der Waals surface area contributed by atoms with Gasteiger partial charge in [-0.05, 0) is 38.0 Å². The first-order valence-corrected chi connectivity index (χ1v) is 6.67.